The van der Waals surface area contributed by atoms with E-state index in [1.807, 2.05) is 0 Å². The molecule has 1 aromatic rings. The van der Waals surface area contributed by atoms with E-state index in [-0.39, 0.29) is 18.3 Å². The number of hydrogen-bond acceptors (Lipinski definition) is 4. The molecule has 0 spiro atoms. The quantitative estimate of drug-likeness (QED) is 0.579. The average Bonchev–Trinajstić information content (AvgIpc) is 2.55. The molecule has 0 bridgehead atoms. The molecule has 0 saturated carbocycles. The first-order chi connectivity index (χ1) is 6.05. The summed E-state index contributed by atoms with van der Waals surface area (Å²) in [6.45, 7) is 3.29. The molecule has 0 atom stereocenters. The van der Waals surface area contributed by atoms with Crippen molar-refractivity contribution in [1.29, 1.82) is 0 Å². The van der Waals surface area contributed by atoms with Crippen LogP contribution in [0.1, 0.15) is 24.5 Å². The Hall–Kier alpha value is -1.43. The Morgan fingerprint density at radius 1 is 1.77 bits per heavy atom. The van der Waals surface area contributed by atoms with Crippen molar-refractivity contribution in [3.8, 4) is 0 Å². The van der Waals surface area contributed by atoms with Crippen LogP contribution in [-0.2, 0) is 0 Å². The zero-order valence-electron chi connectivity index (χ0n) is 7.53. The molecule has 0 radical (unpaired) electrons. The summed E-state index contributed by atoms with van der Waals surface area (Å²) in [5.74, 6) is -0.238. The van der Waals surface area contributed by atoms with Crippen LogP contribution in [0.4, 0.5) is 0 Å². The van der Waals surface area contributed by atoms with E-state index in [1.54, 1.807) is 13.8 Å². The number of nitrogens with zero attached hydrogens (tertiary/aromatic N) is 2. The molecule has 0 saturated heterocycles. The summed E-state index contributed by atoms with van der Waals surface area (Å²) in [4.78, 5) is 15.0. The van der Waals surface area contributed by atoms with Crippen LogP contribution in [0.3, 0.4) is 0 Å². The fourth-order valence-electron chi connectivity index (χ4n) is 0.721. The number of carbonyl (C=O) groups excluding carboxylic acids is 1. The van der Waals surface area contributed by atoms with E-state index in [9.17, 15) is 4.79 Å². The van der Waals surface area contributed by atoms with Crippen LogP contribution in [0.25, 0.3) is 0 Å². The first-order valence-electron chi connectivity index (χ1n) is 3.84. The number of aromatic amines is 1. The number of hydrogen-bond donors (Lipinski definition) is 3. The number of H-pyrrole nitrogens is 1. The molecular weight excluding hydrogens is 172 g/mol. The second-order valence-electron chi connectivity index (χ2n) is 3.33. The van der Waals surface area contributed by atoms with E-state index in [0.29, 0.717) is 0 Å². The van der Waals surface area contributed by atoms with E-state index in [4.69, 9.17) is 5.11 Å². The monoisotopic (exact) mass is 184 g/mol. The summed E-state index contributed by atoms with van der Waals surface area (Å²) in [5, 5.41) is 17.4. The highest BCUT2D eigenvalue weighted by Gasteiger charge is 2.21. The van der Waals surface area contributed by atoms with Crippen LogP contribution >= 0.6 is 0 Å². The van der Waals surface area contributed by atoms with Gasteiger partial charge in [0.2, 0.25) is 5.82 Å². The molecule has 72 valence electrons. The standard InChI is InChI=1S/C7H12N4O2/c1-7(2,3-12)10-6(13)5-8-4-9-11-5/h4,12H,3H2,1-2H3,(H,10,13)(H,8,9,11). The van der Waals surface area contributed by atoms with Crippen LogP contribution in [0.15, 0.2) is 6.33 Å². The number of nitrogens with one attached hydrogen (secondary N) is 2. The maximum atomic E-state index is 11.3. The Kier molecular flexibility index (Phi) is 2.62. The van der Waals surface area contributed by atoms with Gasteiger partial charge in [0, 0.05) is 0 Å². The van der Waals surface area contributed by atoms with Gasteiger partial charge in [-0.25, -0.2) is 4.98 Å². The smallest absolute Gasteiger partial charge is 0.289 e. The van der Waals surface area contributed by atoms with Crippen LogP contribution < -0.4 is 5.32 Å². The molecule has 3 N–H and O–H groups in total. The van der Waals surface area contributed by atoms with Crippen LogP contribution in [0.5, 0.6) is 0 Å². The van der Waals surface area contributed by atoms with Crippen molar-refractivity contribution >= 4 is 5.91 Å². The van der Waals surface area contributed by atoms with E-state index >= 15 is 0 Å². The lowest BCUT2D eigenvalue weighted by Crippen LogP contribution is -2.46. The number of rotatable bonds is 3. The number of amides is 1. The van der Waals surface area contributed by atoms with Crippen LogP contribution in [0.2, 0.25) is 0 Å². The molecule has 1 heterocycles. The van der Waals surface area contributed by atoms with Gasteiger partial charge >= 0.3 is 0 Å². The normalized spacial score (nSPS) is 11.3. The molecule has 0 aliphatic rings. The van der Waals surface area contributed by atoms with Gasteiger partial charge in [0.15, 0.2) is 0 Å². The molecule has 0 aromatic carbocycles. The topological polar surface area (TPSA) is 90.9 Å². The van der Waals surface area contributed by atoms with Crippen molar-refractivity contribution in [1.82, 2.24) is 20.5 Å². The second kappa shape index (κ2) is 3.53. The Morgan fingerprint density at radius 3 is 2.92 bits per heavy atom. The SMILES string of the molecule is CC(C)(CO)NC(=O)c1ncn[nH]1. The second-order valence-corrected chi connectivity index (χ2v) is 3.33. The highest BCUT2D eigenvalue weighted by atomic mass is 16.3. The Morgan fingerprint density at radius 2 is 2.46 bits per heavy atom. The Bertz CT molecular complexity index is 281. The number of carbonyl (C=O) groups is 1. The minimum Gasteiger partial charge on any atom is -0.394 e. The summed E-state index contributed by atoms with van der Waals surface area (Å²) in [6.07, 6.45) is 1.25. The molecule has 1 amide bonds. The van der Waals surface area contributed by atoms with Gasteiger partial charge in [-0.3, -0.25) is 9.89 Å². The zero-order valence-corrected chi connectivity index (χ0v) is 7.53. The third kappa shape index (κ3) is 2.51. The molecule has 0 unspecified atom stereocenters. The lowest BCUT2D eigenvalue weighted by molar-refractivity contribution is 0.0859. The maximum Gasteiger partial charge on any atom is 0.289 e. The van der Waals surface area contributed by atoms with Crippen LogP contribution in [-0.4, -0.2) is 38.3 Å². The van der Waals surface area contributed by atoms with Crippen molar-refractivity contribution in [2.75, 3.05) is 6.61 Å². The maximum absolute atomic E-state index is 11.3. The minimum atomic E-state index is -0.649. The van der Waals surface area contributed by atoms with Gasteiger partial charge in [0.05, 0.1) is 12.1 Å². The van der Waals surface area contributed by atoms with Crippen molar-refractivity contribution < 1.29 is 9.90 Å². The lowest BCUT2D eigenvalue weighted by Gasteiger charge is -2.22. The minimum absolute atomic E-state index is 0.132. The summed E-state index contributed by atoms with van der Waals surface area (Å²) in [7, 11) is 0. The fourth-order valence-corrected chi connectivity index (χ4v) is 0.721. The van der Waals surface area contributed by atoms with Gasteiger partial charge in [0.1, 0.15) is 6.33 Å². The van der Waals surface area contributed by atoms with E-state index in [1.165, 1.54) is 6.33 Å². The molecule has 0 fully saturated rings. The van der Waals surface area contributed by atoms with Gasteiger partial charge in [-0.05, 0) is 13.8 Å². The van der Waals surface area contributed by atoms with E-state index < -0.39 is 5.54 Å². The first kappa shape index (κ1) is 9.66. The molecule has 0 aliphatic carbocycles. The van der Waals surface area contributed by atoms with Crippen molar-refractivity contribution in [3.05, 3.63) is 12.2 Å². The van der Waals surface area contributed by atoms with Gasteiger partial charge < -0.3 is 10.4 Å². The molecular formula is C7H12N4O2. The number of aliphatic hydroxyl groups excluding tert-OH is 1. The van der Waals surface area contributed by atoms with E-state index in [0.717, 1.165) is 0 Å². The van der Waals surface area contributed by atoms with Gasteiger partial charge in [0.25, 0.3) is 5.91 Å². The Labute approximate surface area is 75.4 Å². The zero-order chi connectivity index (χ0) is 9.90. The third-order valence-electron chi connectivity index (χ3n) is 1.48. The Balaban J connectivity index is 2.61. The summed E-state index contributed by atoms with van der Waals surface area (Å²) >= 11 is 0. The molecule has 1 aromatic heterocycles. The van der Waals surface area contributed by atoms with Crippen molar-refractivity contribution in [3.63, 3.8) is 0 Å². The average molecular weight is 184 g/mol. The summed E-state index contributed by atoms with van der Waals surface area (Å²) in [5.41, 5.74) is -0.649. The third-order valence-corrected chi connectivity index (χ3v) is 1.48. The van der Waals surface area contributed by atoms with Crippen molar-refractivity contribution in [2.45, 2.75) is 19.4 Å². The van der Waals surface area contributed by atoms with Gasteiger partial charge in [-0.1, -0.05) is 0 Å². The molecule has 6 nitrogen and oxygen atoms in total. The van der Waals surface area contributed by atoms with Crippen molar-refractivity contribution in [2.24, 2.45) is 0 Å². The lowest BCUT2D eigenvalue weighted by atomic mass is 10.1. The summed E-state index contributed by atoms with van der Waals surface area (Å²) in [6, 6.07) is 0. The number of aromatic nitrogens is 3. The highest BCUT2D eigenvalue weighted by Crippen LogP contribution is 2.00. The molecule has 0 aliphatic heterocycles. The molecule has 13 heavy (non-hydrogen) atoms. The fraction of sp³-hybridized carbons (Fsp3) is 0.571. The summed E-state index contributed by atoms with van der Waals surface area (Å²) < 4.78 is 0. The van der Waals surface area contributed by atoms with Crippen LogP contribution in [0, 0.1) is 0 Å². The molecule has 1 rings (SSSR count). The predicted molar refractivity (Wildman–Crippen MR) is 45.0 cm³/mol. The number of aliphatic hydroxyl groups is 1. The highest BCUT2D eigenvalue weighted by molar-refractivity contribution is 5.90. The van der Waals surface area contributed by atoms with E-state index in [2.05, 4.69) is 20.5 Å². The molecule has 6 heteroatoms. The predicted octanol–water partition coefficient (Wildman–Crippen LogP) is -0.695. The van der Waals surface area contributed by atoms with Gasteiger partial charge in [-0.2, -0.15) is 5.10 Å². The first-order valence-corrected chi connectivity index (χ1v) is 3.84. The largest absolute Gasteiger partial charge is 0.394 e. The van der Waals surface area contributed by atoms with Gasteiger partial charge in [-0.15, -0.1) is 0 Å².